The number of carbonyl (C=O) groups is 2. The molecule has 24 heavy (non-hydrogen) atoms. The Morgan fingerprint density at radius 2 is 1.92 bits per heavy atom. The molecule has 0 saturated carbocycles. The first kappa shape index (κ1) is 16.9. The van der Waals surface area contributed by atoms with E-state index in [1.807, 2.05) is 24.3 Å². The van der Waals surface area contributed by atoms with Crippen LogP contribution in [0.25, 0.3) is 10.6 Å². The lowest BCUT2D eigenvalue weighted by Gasteiger charge is -2.20. The van der Waals surface area contributed by atoms with Crippen molar-refractivity contribution < 1.29 is 9.59 Å². The number of hydrogen-bond donors (Lipinski definition) is 0. The second kappa shape index (κ2) is 7.32. The number of benzene rings is 1. The number of nitrogens with zero attached hydrogens (tertiary/aromatic N) is 3. The molecule has 0 atom stereocenters. The van der Waals surface area contributed by atoms with Gasteiger partial charge in [0.15, 0.2) is 0 Å². The van der Waals surface area contributed by atoms with Crippen LogP contribution in [0.2, 0.25) is 5.02 Å². The molecule has 1 fully saturated rings. The van der Waals surface area contributed by atoms with Crippen LogP contribution in [0, 0.1) is 0 Å². The molecule has 0 unspecified atom stereocenters. The maximum atomic E-state index is 12.7. The van der Waals surface area contributed by atoms with E-state index >= 15 is 0 Å². The van der Waals surface area contributed by atoms with Crippen molar-refractivity contribution >= 4 is 34.8 Å². The molecule has 2 aromatic rings. The van der Waals surface area contributed by atoms with Gasteiger partial charge in [-0.15, -0.1) is 11.3 Å². The summed E-state index contributed by atoms with van der Waals surface area (Å²) in [6.07, 6.45) is 0.788. The summed E-state index contributed by atoms with van der Waals surface area (Å²) >= 11 is 7.45. The highest BCUT2D eigenvalue weighted by molar-refractivity contribution is 7.13. The third-order valence-electron chi connectivity index (χ3n) is 4.02. The van der Waals surface area contributed by atoms with Crippen LogP contribution < -0.4 is 0 Å². The molecule has 1 aromatic heterocycles. The van der Waals surface area contributed by atoms with E-state index in [0.717, 1.165) is 17.0 Å². The van der Waals surface area contributed by atoms with Gasteiger partial charge in [0.25, 0.3) is 5.91 Å². The first-order valence-corrected chi connectivity index (χ1v) is 9.06. The molecule has 0 radical (unpaired) electrons. The van der Waals surface area contributed by atoms with E-state index in [0.29, 0.717) is 36.9 Å². The summed E-state index contributed by atoms with van der Waals surface area (Å²) in [4.78, 5) is 32.2. The van der Waals surface area contributed by atoms with Crippen molar-refractivity contribution in [3.8, 4) is 10.6 Å². The van der Waals surface area contributed by atoms with Gasteiger partial charge in [0.2, 0.25) is 5.91 Å². The van der Waals surface area contributed by atoms with Crippen molar-refractivity contribution in [1.29, 1.82) is 0 Å². The number of halogens is 1. The summed E-state index contributed by atoms with van der Waals surface area (Å²) < 4.78 is 0. The van der Waals surface area contributed by atoms with Gasteiger partial charge in [-0.2, -0.15) is 0 Å². The Morgan fingerprint density at radius 1 is 1.17 bits per heavy atom. The topological polar surface area (TPSA) is 53.5 Å². The van der Waals surface area contributed by atoms with Crippen LogP contribution in [0.3, 0.4) is 0 Å². The Hall–Kier alpha value is -1.92. The fourth-order valence-electron chi connectivity index (χ4n) is 2.72. The molecule has 1 saturated heterocycles. The third-order valence-corrected chi connectivity index (χ3v) is 5.15. The van der Waals surface area contributed by atoms with Crippen LogP contribution in [0.1, 0.15) is 23.8 Å². The zero-order valence-electron chi connectivity index (χ0n) is 13.4. The predicted octanol–water partition coefficient (Wildman–Crippen LogP) is 3.16. The fraction of sp³-hybridized carbons (Fsp3) is 0.353. The highest BCUT2D eigenvalue weighted by Gasteiger charge is 2.23. The van der Waals surface area contributed by atoms with Crippen LogP contribution in [0.4, 0.5) is 0 Å². The summed E-state index contributed by atoms with van der Waals surface area (Å²) in [7, 11) is 0. The normalized spacial score (nSPS) is 15.2. The summed E-state index contributed by atoms with van der Waals surface area (Å²) in [5.74, 6) is -0.0221. The average Bonchev–Trinajstić information content (AvgIpc) is 2.92. The van der Waals surface area contributed by atoms with Crippen LogP contribution in [-0.4, -0.2) is 52.8 Å². The first-order chi connectivity index (χ1) is 11.5. The molecular weight excluding hydrogens is 346 g/mol. The van der Waals surface area contributed by atoms with Crippen molar-refractivity contribution in [2.24, 2.45) is 0 Å². The van der Waals surface area contributed by atoms with Gasteiger partial charge in [-0.3, -0.25) is 9.59 Å². The molecule has 5 nitrogen and oxygen atoms in total. The van der Waals surface area contributed by atoms with Gasteiger partial charge in [0.05, 0.1) is 0 Å². The number of rotatable bonds is 2. The maximum Gasteiger partial charge on any atom is 0.273 e. The first-order valence-electron chi connectivity index (χ1n) is 7.81. The Balaban J connectivity index is 1.73. The molecule has 2 amide bonds. The molecule has 0 spiro atoms. The molecule has 1 aromatic carbocycles. The van der Waals surface area contributed by atoms with E-state index in [2.05, 4.69) is 4.98 Å². The van der Waals surface area contributed by atoms with Crippen molar-refractivity contribution in [3.05, 3.63) is 40.4 Å². The van der Waals surface area contributed by atoms with Crippen molar-refractivity contribution in [3.63, 3.8) is 0 Å². The smallest absolute Gasteiger partial charge is 0.273 e. The molecule has 3 rings (SSSR count). The lowest BCUT2D eigenvalue weighted by Crippen LogP contribution is -2.36. The van der Waals surface area contributed by atoms with E-state index in [9.17, 15) is 9.59 Å². The van der Waals surface area contributed by atoms with E-state index in [-0.39, 0.29) is 11.8 Å². The molecular formula is C17H18ClN3O2S. The van der Waals surface area contributed by atoms with E-state index < -0.39 is 0 Å². The van der Waals surface area contributed by atoms with E-state index in [4.69, 9.17) is 11.6 Å². The quantitative estimate of drug-likeness (QED) is 0.823. The number of hydrogen-bond acceptors (Lipinski definition) is 4. The SMILES string of the molecule is CC(=O)N1CCCN(C(=O)c2csc(-c3cccc(Cl)c3)n2)CC1. The predicted molar refractivity (Wildman–Crippen MR) is 95.3 cm³/mol. The van der Waals surface area contributed by atoms with Gasteiger partial charge in [-0.1, -0.05) is 23.7 Å². The Labute approximate surface area is 149 Å². The Bertz CT molecular complexity index is 762. The monoisotopic (exact) mass is 363 g/mol. The average molecular weight is 364 g/mol. The minimum Gasteiger partial charge on any atom is -0.341 e. The Kier molecular flexibility index (Phi) is 5.16. The van der Waals surface area contributed by atoms with Crippen LogP contribution in [0.5, 0.6) is 0 Å². The lowest BCUT2D eigenvalue weighted by molar-refractivity contribution is -0.128. The Morgan fingerprint density at radius 3 is 2.67 bits per heavy atom. The number of thiazole rings is 1. The van der Waals surface area contributed by atoms with Crippen LogP contribution in [0.15, 0.2) is 29.6 Å². The zero-order chi connectivity index (χ0) is 17.1. The van der Waals surface area contributed by atoms with E-state index in [1.165, 1.54) is 11.3 Å². The third kappa shape index (κ3) is 3.76. The van der Waals surface area contributed by atoms with Crippen molar-refractivity contribution in [2.75, 3.05) is 26.2 Å². The molecule has 0 N–H and O–H groups in total. The van der Waals surface area contributed by atoms with Gasteiger partial charge in [-0.25, -0.2) is 4.98 Å². The maximum absolute atomic E-state index is 12.7. The highest BCUT2D eigenvalue weighted by Crippen LogP contribution is 2.26. The van der Waals surface area contributed by atoms with Crippen LogP contribution >= 0.6 is 22.9 Å². The minimum absolute atomic E-state index is 0.0567. The number of carbonyl (C=O) groups excluding carboxylic acids is 2. The molecule has 1 aliphatic rings. The highest BCUT2D eigenvalue weighted by atomic mass is 35.5. The molecule has 0 bridgehead atoms. The number of amides is 2. The summed E-state index contributed by atoms with van der Waals surface area (Å²) in [6.45, 7) is 4.03. The van der Waals surface area contributed by atoms with Gasteiger partial charge in [0, 0.05) is 49.1 Å². The molecule has 0 aliphatic carbocycles. The second-order valence-corrected chi connectivity index (χ2v) is 6.99. The molecule has 1 aliphatic heterocycles. The van der Waals surface area contributed by atoms with Crippen molar-refractivity contribution in [2.45, 2.75) is 13.3 Å². The van der Waals surface area contributed by atoms with Gasteiger partial charge in [0.1, 0.15) is 10.7 Å². The number of aromatic nitrogens is 1. The summed E-state index contributed by atoms with van der Waals surface area (Å²) in [5.41, 5.74) is 1.36. The van der Waals surface area contributed by atoms with Crippen molar-refractivity contribution in [1.82, 2.24) is 14.8 Å². The minimum atomic E-state index is -0.0788. The fourth-order valence-corrected chi connectivity index (χ4v) is 3.70. The molecule has 126 valence electrons. The van der Waals surface area contributed by atoms with Gasteiger partial charge < -0.3 is 9.80 Å². The largest absolute Gasteiger partial charge is 0.341 e. The molecule has 7 heteroatoms. The molecule has 2 heterocycles. The summed E-state index contributed by atoms with van der Waals surface area (Å²) in [5, 5.41) is 3.21. The second-order valence-electron chi connectivity index (χ2n) is 5.70. The standard InChI is InChI=1S/C17H18ClN3O2S/c1-12(22)20-6-3-7-21(9-8-20)17(23)15-11-24-16(19-15)13-4-2-5-14(18)10-13/h2,4-5,10-11H,3,6-9H2,1H3. The zero-order valence-corrected chi connectivity index (χ0v) is 14.9. The van der Waals surface area contributed by atoms with Gasteiger partial charge in [-0.05, 0) is 18.6 Å². The lowest BCUT2D eigenvalue weighted by atomic mass is 10.2. The summed E-state index contributed by atoms with van der Waals surface area (Å²) in [6, 6.07) is 7.44. The van der Waals surface area contributed by atoms with Gasteiger partial charge >= 0.3 is 0 Å². The van der Waals surface area contributed by atoms with E-state index in [1.54, 1.807) is 22.1 Å². The van der Waals surface area contributed by atoms with Crippen LogP contribution in [-0.2, 0) is 4.79 Å².